The molecule has 1 heterocycles. The number of ether oxygens (including phenoxy) is 1. The number of carbonyl (C=O) groups is 3. The number of carbonyl (C=O) groups excluding carboxylic acids is 2. The summed E-state index contributed by atoms with van der Waals surface area (Å²) >= 11 is 0. The summed E-state index contributed by atoms with van der Waals surface area (Å²) in [6.45, 7) is -0.991. The number of benzene rings is 2. The minimum absolute atomic E-state index is 0.0519. The molecule has 0 radical (unpaired) electrons. The molecule has 1 saturated heterocycles. The molecule has 38 heavy (non-hydrogen) atoms. The first-order chi connectivity index (χ1) is 17.9. The van der Waals surface area contributed by atoms with Crippen LogP contribution in [-0.4, -0.2) is 85.8 Å². The molecule has 15 heteroatoms. The van der Waals surface area contributed by atoms with E-state index in [1.165, 1.54) is 16.4 Å². The van der Waals surface area contributed by atoms with Gasteiger partial charge in [0.25, 0.3) is 0 Å². The number of carboxylic acid groups (broad SMARTS) is 1. The molecule has 1 atom stereocenters. The molecule has 2 aromatic carbocycles. The van der Waals surface area contributed by atoms with Crippen LogP contribution in [-0.2, 0) is 24.4 Å². The number of rotatable bonds is 11. The lowest BCUT2D eigenvalue weighted by atomic mass is 10.1. The van der Waals surface area contributed by atoms with Crippen molar-refractivity contribution >= 4 is 27.7 Å². The van der Waals surface area contributed by atoms with Gasteiger partial charge in [-0.05, 0) is 12.1 Å². The fourth-order valence-corrected chi connectivity index (χ4v) is 5.10. The molecule has 0 aliphatic carbocycles. The Morgan fingerprint density at radius 3 is 2.11 bits per heavy atom. The molecule has 3 rings (SSSR count). The topological polar surface area (TPSA) is 133 Å². The summed E-state index contributed by atoms with van der Waals surface area (Å²) in [5.74, 6) is -12.2. The van der Waals surface area contributed by atoms with Gasteiger partial charge < -0.3 is 15.2 Å². The Morgan fingerprint density at radius 1 is 0.974 bits per heavy atom. The molecule has 1 aliphatic rings. The molecule has 0 bridgehead atoms. The van der Waals surface area contributed by atoms with Crippen molar-refractivity contribution in [3.63, 3.8) is 0 Å². The van der Waals surface area contributed by atoms with E-state index in [2.05, 4.69) is 10.1 Å². The van der Waals surface area contributed by atoms with Crippen LogP contribution in [0.4, 0.5) is 17.6 Å². The number of hydrogen-bond acceptors (Lipinski definition) is 7. The van der Waals surface area contributed by atoms with Crippen LogP contribution in [0.1, 0.15) is 6.42 Å². The van der Waals surface area contributed by atoms with Gasteiger partial charge >= 0.3 is 5.97 Å². The Kier molecular flexibility index (Phi) is 9.40. The maximum atomic E-state index is 13.7. The van der Waals surface area contributed by atoms with Gasteiger partial charge in [-0.1, -0.05) is 18.2 Å². The van der Waals surface area contributed by atoms with Crippen LogP contribution in [0.3, 0.4) is 0 Å². The largest absolute Gasteiger partial charge is 0.481 e. The Hall–Kier alpha value is -3.56. The lowest BCUT2D eigenvalue weighted by molar-refractivity contribution is -0.140. The van der Waals surface area contributed by atoms with E-state index in [0.717, 1.165) is 0 Å². The number of aliphatic carboxylic acids is 1. The zero-order valence-electron chi connectivity index (χ0n) is 19.7. The molecule has 2 aromatic rings. The summed E-state index contributed by atoms with van der Waals surface area (Å²) in [5, 5.41) is 11.3. The highest BCUT2D eigenvalue weighted by atomic mass is 32.2. The average molecular weight is 562 g/mol. The van der Waals surface area contributed by atoms with Gasteiger partial charge in [0.1, 0.15) is 12.6 Å². The molecular weight excluding hydrogens is 538 g/mol. The van der Waals surface area contributed by atoms with E-state index in [0.29, 0.717) is 0 Å². The molecule has 1 amide bonds. The Labute approximate surface area is 214 Å². The quantitative estimate of drug-likeness (QED) is 0.309. The van der Waals surface area contributed by atoms with Gasteiger partial charge in [-0.3, -0.25) is 19.3 Å². The lowest BCUT2D eigenvalue weighted by Crippen LogP contribution is -2.53. The number of nitrogens with zero attached hydrogens (tertiary/aromatic N) is 2. The van der Waals surface area contributed by atoms with Gasteiger partial charge in [0, 0.05) is 32.2 Å². The van der Waals surface area contributed by atoms with Crippen molar-refractivity contribution in [3.05, 3.63) is 59.7 Å². The number of sulfonamides is 1. The van der Waals surface area contributed by atoms with Crippen molar-refractivity contribution in [3.8, 4) is 5.75 Å². The van der Waals surface area contributed by atoms with Gasteiger partial charge in [0.15, 0.2) is 23.2 Å². The van der Waals surface area contributed by atoms with Gasteiger partial charge in [0.05, 0.1) is 17.9 Å². The average Bonchev–Trinajstić information content (AvgIpc) is 2.87. The van der Waals surface area contributed by atoms with E-state index in [-0.39, 0.29) is 43.7 Å². The minimum Gasteiger partial charge on any atom is -0.481 e. The van der Waals surface area contributed by atoms with Crippen molar-refractivity contribution < 1.29 is 50.2 Å². The third kappa shape index (κ3) is 7.05. The van der Waals surface area contributed by atoms with Crippen LogP contribution >= 0.6 is 0 Å². The molecule has 0 aromatic heterocycles. The highest BCUT2D eigenvalue weighted by Crippen LogP contribution is 2.26. The van der Waals surface area contributed by atoms with Crippen LogP contribution in [0, 0.1) is 23.3 Å². The van der Waals surface area contributed by atoms with Crippen molar-refractivity contribution in [1.82, 2.24) is 14.5 Å². The highest BCUT2D eigenvalue weighted by molar-refractivity contribution is 7.89. The maximum absolute atomic E-state index is 13.7. The number of hydrogen-bond donors (Lipinski definition) is 2. The monoisotopic (exact) mass is 561 g/mol. The predicted molar refractivity (Wildman–Crippen MR) is 123 cm³/mol. The van der Waals surface area contributed by atoms with Gasteiger partial charge in [-0.25, -0.2) is 17.2 Å². The summed E-state index contributed by atoms with van der Waals surface area (Å²) < 4.78 is 85.4. The van der Waals surface area contributed by atoms with Gasteiger partial charge in [-0.2, -0.15) is 13.1 Å². The number of Topliss-reactive ketones (excluding diaryl/α,β-unsaturated/α-hetero) is 1. The fourth-order valence-electron chi connectivity index (χ4n) is 3.65. The smallest absolute Gasteiger partial charge is 0.305 e. The van der Waals surface area contributed by atoms with E-state index < -0.39 is 75.8 Å². The SMILES string of the molecule is O=C(O)CC(NC(=O)CN1CCN(S(=O)(=O)c2ccccc2)CC1)C(=O)COc1c(F)c(F)cc(F)c1F. The van der Waals surface area contributed by atoms with Gasteiger partial charge in [-0.15, -0.1) is 0 Å². The normalized spacial score (nSPS) is 15.6. The number of ketones is 1. The minimum atomic E-state index is -3.72. The summed E-state index contributed by atoms with van der Waals surface area (Å²) in [5.41, 5.74) is 0. The van der Waals surface area contributed by atoms with Crippen molar-refractivity contribution in [2.45, 2.75) is 17.4 Å². The predicted octanol–water partition coefficient (Wildman–Crippen LogP) is 1.16. The molecule has 0 saturated carbocycles. The third-order valence-corrected chi connectivity index (χ3v) is 7.53. The van der Waals surface area contributed by atoms with E-state index >= 15 is 0 Å². The second kappa shape index (κ2) is 12.3. The fraction of sp³-hybridized carbons (Fsp3) is 0.348. The first-order valence-corrected chi connectivity index (χ1v) is 12.6. The standard InChI is InChI=1S/C23H23F4N3O7S/c24-15-10-16(25)22(27)23(21(15)26)37-13-18(31)17(11-20(33)34)28-19(32)12-29-6-8-30(9-7-29)38(35,36)14-4-2-1-3-5-14/h1-5,10,17H,6-9,11-13H2,(H,28,32)(H,33,34). The molecule has 10 nitrogen and oxygen atoms in total. The van der Waals surface area contributed by atoms with Crippen LogP contribution < -0.4 is 10.1 Å². The summed E-state index contributed by atoms with van der Waals surface area (Å²) in [6.07, 6.45) is -0.903. The van der Waals surface area contributed by atoms with E-state index in [1.54, 1.807) is 23.1 Å². The second-order valence-electron chi connectivity index (χ2n) is 8.26. The molecular formula is C23H23F4N3O7S. The molecule has 1 aliphatic heterocycles. The summed E-state index contributed by atoms with van der Waals surface area (Å²) in [7, 11) is -3.72. The Balaban J connectivity index is 1.57. The van der Waals surface area contributed by atoms with Crippen LogP contribution in [0.25, 0.3) is 0 Å². The van der Waals surface area contributed by atoms with E-state index in [4.69, 9.17) is 5.11 Å². The third-order valence-electron chi connectivity index (χ3n) is 5.61. The molecule has 206 valence electrons. The summed E-state index contributed by atoms with van der Waals surface area (Å²) in [4.78, 5) is 37.8. The number of halogens is 4. The Morgan fingerprint density at radius 2 is 1.55 bits per heavy atom. The van der Waals surface area contributed by atoms with E-state index in [9.17, 15) is 40.4 Å². The lowest BCUT2D eigenvalue weighted by Gasteiger charge is -2.33. The maximum Gasteiger partial charge on any atom is 0.305 e. The van der Waals surface area contributed by atoms with Gasteiger partial charge in [0.2, 0.25) is 27.6 Å². The van der Waals surface area contributed by atoms with Crippen LogP contribution in [0.15, 0.2) is 41.3 Å². The first-order valence-electron chi connectivity index (χ1n) is 11.2. The molecule has 1 unspecified atom stereocenters. The zero-order valence-corrected chi connectivity index (χ0v) is 20.5. The molecule has 0 spiro atoms. The van der Waals surface area contributed by atoms with Crippen LogP contribution in [0.2, 0.25) is 0 Å². The molecule has 1 fully saturated rings. The summed E-state index contributed by atoms with van der Waals surface area (Å²) in [6, 6.07) is 6.07. The van der Waals surface area contributed by atoms with Crippen molar-refractivity contribution in [2.75, 3.05) is 39.3 Å². The number of piperazine rings is 1. The first kappa shape index (κ1) is 29.0. The van der Waals surface area contributed by atoms with Crippen molar-refractivity contribution in [2.24, 2.45) is 0 Å². The van der Waals surface area contributed by atoms with Crippen molar-refractivity contribution in [1.29, 1.82) is 0 Å². The highest BCUT2D eigenvalue weighted by Gasteiger charge is 2.31. The van der Waals surface area contributed by atoms with Crippen LogP contribution in [0.5, 0.6) is 5.75 Å². The Bertz CT molecular complexity index is 1280. The second-order valence-corrected chi connectivity index (χ2v) is 10.2. The number of nitrogens with one attached hydrogen (secondary N) is 1. The van der Waals surface area contributed by atoms with E-state index in [1.807, 2.05) is 0 Å². The zero-order chi connectivity index (χ0) is 28.0. The molecule has 2 N–H and O–H groups in total. The number of carboxylic acids is 1. The number of amides is 1.